The molecule has 0 radical (unpaired) electrons. The highest BCUT2D eigenvalue weighted by atomic mass is 79.9. The van der Waals surface area contributed by atoms with Crippen molar-refractivity contribution >= 4 is 36.0 Å². The van der Waals surface area contributed by atoms with Crippen molar-refractivity contribution in [1.29, 1.82) is 0 Å². The van der Waals surface area contributed by atoms with Crippen LogP contribution in [-0.2, 0) is 20.0 Å². The summed E-state index contributed by atoms with van der Waals surface area (Å²) in [5.41, 5.74) is 0. The molecule has 0 unspecified atom stereocenters. The topological polar surface area (TPSA) is 93.2 Å². The monoisotopic (exact) mass is 504 g/mol. The van der Waals surface area contributed by atoms with Crippen molar-refractivity contribution in [2.45, 2.75) is 9.79 Å². The van der Waals surface area contributed by atoms with Crippen LogP contribution >= 0.6 is 15.9 Å². The average Bonchev–Trinajstić information content (AvgIpc) is 2.73. The number of rotatable bonds is 6. The molecule has 2 aromatic rings. The first-order chi connectivity index (χ1) is 13.7. The van der Waals surface area contributed by atoms with Crippen molar-refractivity contribution in [1.82, 2.24) is 8.61 Å². The number of halogens is 1. The zero-order valence-electron chi connectivity index (χ0n) is 15.9. The van der Waals surface area contributed by atoms with Crippen LogP contribution in [0.4, 0.5) is 0 Å². The number of benzene rings is 2. The van der Waals surface area contributed by atoms with Gasteiger partial charge in [-0.1, -0.05) is 15.9 Å². The summed E-state index contributed by atoms with van der Waals surface area (Å²) in [7, 11) is -4.57. The van der Waals surface area contributed by atoms with Crippen LogP contribution in [0.15, 0.2) is 56.7 Å². The molecule has 0 aromatic heterocycles. The van der Waals surface area contributed by atoms with Gasteiger partial charge in [0.15, 0.2) is 11.5 Å². The number of hydrogen-bond acceptors (Lipinski definition) is 6. The second kappa shape index (κ2) is 8.60. The van der Waals surface area contributed by atoms with Crippen LogP contribution in [0.25, 0.3) is 0 Å². The van der Waals surface area contributed by atoms with E-state index in [4.69, 9.17) is 9.47 Å². The van der Waals surface area contributed by atoms with Crippen molar-refractivity contribution in [3.05, 3.63) is 46.9 Å². The van der Waals surface area contributed by atoms with Crippen LogP contribution in [0, 0.1) is 0 Å². The second-order valence-corrected chi connectivity index (χ2v) is 11.1. The Balaban J connectivity index is 1.77. The quantitative estimate of drug-likeness (QED) is 0.598. The summed E-state index contributed by atoms with van der Waals surface area (Å²) in [4.78, 5) is 0.247. The van der Waals surface area contributed by atoms with Gasteiger partial charge in [-0.05, 0) is 36.4 Å². The molecule has 1 heterocycles. The molecule has 8 nitrogen and oxygen atoms in total. The lowest BCUT2D eigenvalue weighted by Crippen LogP contribution is -2.50. The van der Waals surface area contributed by atoms with Gasteiger partial charge in [0.1, 0.15) is 0 Å². The molecule has 3 rings (SSSR count). The lowest BCUT2D eigenvalue weighted by Gasteiger charge is -2.33. The van der Waals surface area contributed by atoms with Crippen LogP contribution in [0.3, 0.4) is 0 Å². The fourth-order valence-corrected chi connectivity index (χ4v) is 6.16. The third-order valence-corrected chi connectivity index (χ3v) is 8.98. The largest absolute Gasteiger partial charge is 0.493 e. The van der Waals surface area contributed by atoms with Crippen LogP contribution in [-0.4, -0.2) is 65.8 Å². The van der Waals surface area contributed by atoms with Crippen molar-refractivity contribution in [3.8, 4) is 11.5 Å². The SMILES string of the molecule is COc1ccc(S(=O)(=O)N2CCN(S(=O)(=O)c3ccc(Br)cc3)CC2)cc1OC. The predicted molar refractivity (Wildman–Crippen MR) is 111 cm³/mol. The Morgan fingerprint density at radius 1 is 0.724 bits per heavy atom. The third-order valence-electron chi connectivity index (χ3n) is 4.64. The van der Waals surface area contributed by atoms with Gasteiger partial charge in [-0.25, -0.2) is 16.8 Å². The molecule has 0 amide bonds. The van der Waals surface area contributed by atoms with Gasteiger partial charge in [0.05, 0.1) is 24.0 Å². The fourth-order valence-electron chi connectivity index (χ4n) is 3.03. The van der Waals surface area contributed by atoms with Crippen LogP contribution in [0.2, 0.25) is 0 Å². The van der Waals surface area contributed by atoms with Crippen molar-refractivity contribution in [2.24, 2.45) is 0 Å². The molecule has 0 aliphatic carbocycles. The normalized spacial score (nSPS) is 16.5. The molecule has 2 aromatic carbocycles. The number of nitrogens with zero attached hydrogens (tertiary/aromatic N) is 2. The first-order valence-electron chi connectivity index (χ1n) is 8.68. The van der Waals surface area contributed by atoms with Gasteiger partial charge in [0, 0.05) is 36.7 Å². The number of ether oxygens (including phenoxy) is 2. The van der Waals surface area contributed by atoms with Crippen molar-refractivity contribution < 1.29 is 26.3 Å². The van der Waals surface area contributed by atoms with Crippen LogP contribution in [0.5, 0.6) is 11.5 Å². The number of methoxy groups -OCH3 is 2. The molecular weight excluding hydrogens is 484 g/mol. The van der Waals surface area contributed by atoms with E-state index < -0.39 is 20.0 Å². The lowest BCUT2D eigenvalue weighted by molar-refractivity contribution is 0.272. The maximum atomic E-state index is 13.0. The Labute approximate surface area is 179 Å². The van der Waals surface area contributed by atoms with E-state index in [1.54, 1.807) is 12.1 Å². The molecular formula is C18H21BrN2O6S2. The third kappa shape index (κ3) is 4.43. The molecule has 0 bridgehead atoms. The van der Waals surface area contributed by atoms with E-state index in [0.717, 1.165) is 4.47 Å². The van der Waals surface area contributed by atoms with Crippen LogP contribution in [0.1, 0.15) is 0 Å². The van der Waals surface area contributed by atoms with Gasteiger partial charge in [-0.3, -0.25) is 0 Å². The molecule has 0 spiro atoms. The van der Waals surface area contributed by atoms with E-state index in [1.807, 2.05) is 0 Å². The van der Waals surface area contributed by atoms with E-state index in [9.17, 15) is 16.8 Å². The molecule has 1 aliphatic heterocycles. The summed E-state index contributed by atoms with van der Waals surface area (Å²) in [5, 5.41) is 0. The average molecular weight is 505 g/mol. The summed E-state index contributed by atoms with van der Waals surface area (Å²) < 4.78 is 65.2. The van der Waals surface area contributed by atoms with E-state index in [0.29, 0.717) is 11.5 Å². The zero-order valence-corrected chi connectivity index (χ0v) is 19.1. The van der Waals surface area contributed by atoms with Gasteiger partial charge in [-0.2, -0.15) is 8.61 Å². The van der Waals surface area contributed by atoms with E-state index in [-0.39, 0.29) is 36.0 Å². The van der Waals surface area contributed by atoms with E-state index in [1.165, 1.54) is 53.2 Å². The number of hydrogen-bond donors (Lipinski definition) is 0. The first kappa shape index (κ1) is 22.0. The zero-order chi connectivity index (χ0) is 21.2. The van der Waals surface area contributed by atoms with E-state index >= 15 is 0 Å². The summed E-state index contributed by atoms with van der Waals surface area (Å²) >= 11 is 3.28. The first-order valence-corrected chi connectivity index (χ1v) is 12.4. The minimum Gasteiger partial charge on any atom is -0.493 e. The molecule has 1 aliphatic rings. The smallest absolute Gasteiger partial charge is 0.243 e. The van der Waals surface area contributed by atoms with Crippen LogP contribution < -0.4 is 9.47 Å². The molecule has 1 saturated heterocycles. The maximum Gasteiger partial charge on any atom is 0.243 e. The van der Waals surface area contributed by atoms with Gasteiger partial charge in [-0.15, -0.1) is 0 Å². The van der Waals surface area contributed by atoms with Crippen molar-refractivity contribution in [3.63, 3.8) is 0 Å². The Bertz CT molecular complexity index is 1080. The summed E-state index contributed by atoms with van der Waals surface area (Å²) in [6.07, 6.45) is 0. The Morgan fingerprint density at radius 3 is 1.66 bits per heavy atom. The predicted octanol–water partition coefficient (Wildman–Crippen LogP) is 2.16. The molecule has 0 N–H and O–H groups in total. The molecule has 1 fully saturated rings. The van der Waals surface area contributed by atoms with E-state index in [2.05, 4.69) is 15.9 Å². The minimum atomic E-state index is -3.79. The summed E-state index contributed by atoms with van der Waals surface area (Å²) in [6.45, 7) is 0.273. The Kier molecular flexibility index (Phi) is 6.54. The fraction of sp³-hybridized carbons (Fsp3) is 0.333. The van der Waals surface area contributed by atoms with Gasteiger partial charge < -0.3 is 9.47 Å². The highest BCUT2D eigenvalue weighted by Gasteiger charge is 2.34. The van der Waals surface area contributed by atoms with Gasteiger partial charge in [0.2, 0.25) is 20.0 Å². The number of piperazine rings is 1. The second-order valence-electron chi connectivity index (χ2n) is 6.28. The maximum absolute atomic E-state index is 13.0. The summed E-state index contributed by atoms with van der Waals surface area (Å²) in [5.74, 6) is 0.738. The lowest BCUT2D eigenvalue weighted by atomic mass is 10.3. The Hall–Kier alpha value is -1.66. The minimum absolute atomic E-state index is 0.0619. The molecule has 158 valence electrons. The van der Waals surface area contributed by atoms with Gasteiger partial charge >= 0.3 is 0 Å². The standard InChI is InChI=1S/C18H21BrN2O6S2/c1-26-17-8-7-16(13-18(17)27-2)29(24,25)21-11-9-20(10-12-21)28(22,23)15-5-3-14(19)4-6-15/h3-8,13H,9-12H2,1-2H3. The highest BCUT2D eigenvalue weighted by molar-refractivity contribution is 9.10. The number of sulfonamides is 2. The molecule has 11 heteroatoms. The molecule has 0 atom stereocenters. The molecule has 29 heavy (non-hydrogen) atoms. The summed E-state index contributed by atoms with van der Waals surface area (Å²) in [6, 6.07) is 10.7. The molecule has 0 saturated carbocycles. The van der Waals surface area contributed by atoms with Crippen molar-refractivity contribution in [2.75, 3.05) is 40.4 Å². The highest BCUT2D eigenvalue weighted by Crippen LogP contribution is 2.31. The Morgan fingerprint density at radius 2 is 1.17 bits per heavy atom. The van der Waals surface area contributed by atoms with Gasteiger partial charge in [0.25, 0.3) is 0 Å².